The average Bonchev–Trinajstić information content (AvgIpc) is 2.32. The lowest BCUT2D eigenvalue weighted by Crippen LogP contribution is -1.98. The average molecular weight is 411 g/mol. The Labute approximate surface area is 132 Å². The van der Waals surface area contributed by atoms with Crippen LogP contribution in [-0.4, -0.2) is 9.97 Å². The van der Waals surface area contributed by atoms with Crippen LogP contribution in [0.3, 0.4) is 0 Å². The van der Waals surface area contributed by atoms with Crippen molar-refractivity contribution in [3.05, 3.63) is 43.0 Å². The Morgan fingerprint density at radius 2 is 1.89 bits per heavy atom. The first-order valence-corrected chi connectivity index (χ1v) is 7.54. The number of rotatable bonds is 2. The van der Waals surface area contributed by atoms with Crippen molar-refractivity contribution in [2.24, 2.45) is 0 Å². The molecule has 18 heavy (non-hydrogen) atoms. The van der Waals surface area contributed by atoms with Gasteiger partial charge in [0.25, 0.3) is 0 Å². The van der Waals surface area contributed by atoms with Gasteiger partial charge in [0.1, 0.15) is 5.15 Å². The number of benzene rings is 1. The molecule has 1 heterocycles. The van der Waals surface area contributed by atoms with Crippen molar-refractivity contribution in [2.75, 3.05) is 0 Å². The predicted octanol–water partition coefficient (Wildman–Crippen LogP) is 5.54. The van der Waals surface area contributed by atoms with Crippen LogP contribution in [0.4, 0.5) is 0 Å². The molecule has 0 unspecified atom stereocenters. The third kappa shape index (κ3) is 2.87. The molecule has 0 radical (unpaired) electrons. The Bertz CT molecular complexity index is 603. The summed E-state index contributed by atoms with van der Waals surface area (Å²) in [6.45, 7) is 2.02. The Kier molecular flexibility index (Phi) is 4.64. The molecule has 0 saturated heterocycles. The zero-order valence-corrected chi connectivity index (χ0v) is 14.0. The van der Waals surface area contributed by atoms with Crippen LogP contribution in [0.5, 0.6) is 0 Å². The molecule has 2 rings (SSSR count). The van der Waals surface area contributed by atoms with Crippen molar-refractivity contribution in [2.45, 2.75) is 13.3 Å². The van der Waals surface area contributed by atoms with Gasteiger partial charge in [-0.3, -0.25) is 0 Å². The summed E-state index contributed by atoms with van der Waals surface area (Å²) in [6, 6.07) is 5.47. The summed E-state index contributed by atoms with van der Waals surface area (Å²) in [5.41, 5.74) is 1.75. The van der Waals surface area contributed by atoms with Gasteiger partial charge >= 0.3 is 0 Å². The lowest BCUT2D eigenvalue weighted by molar-refractivity contribution is 0.990. The standard InChI is InChI=1S/C12H8Br2Cl2N2/c1-2-9-10(14)11(16)18-12(17-9)7-4-3-6(15)5-8(7)13/h3-5H,2H2,1H3. The summed E-state index contributed by atoms with van der Waals surface area (Å²) in [6.07, 6.45) is 0.779. The van der Waals surface area contributed by atoms with Gasteiger partial charge in [0.05, 0.1) is 10.2 Å². The summed E-state index contributed by atoms with van der Waals surface area (Å²) < 4.78 is 1.59. The van der Waals surface area contributed by atoms with Crippen LogP contribution in [0.25, 0.3) is 11.4 Å². The van der Waals surface area contributed by atoms with Gasteiger partial charge in [-0.15, -0.1) is 0 Å². The number of aromatic nitrogens is 2. The van der Waals surface area contributed by atoms with Gasteiger partial charge in [-0.1, -0.05) is 30.1 Å². The summed E-state index contributed by atoms with van der Waals surface area (Å²) >= 11 is 18.8. The molecule has 6 heteroatoms. The van der Waals surface area contributed by atoms with Gasteiger partial charge in [0.2, 0.25) is 0 Å². The smallest absolute Gasteiger partial charge is 0.162 e. The van der Waals surface area contributed by atoms with E-state index < -0.39 is 0 Å². The van der Waals surface area contributed by atoms with Gasteiger partial charge in [-0.25, -0.2) is 9.97 Å². The molecule has 0 bridgehead atoms. The van der Waals surface area contributed by atoms with E-state index >= 15 is 0 Å². The first-order chi connectivity index (χ1) is 8.52. The minimum atomic E-state index is 0.415. The van der Waals surface area contributed by atoms with E-state index in [1.807, 2.05) is 19.1 Å². The van der Waals surface area contributed by atoms with Gasteiger partial charge < -0.3 is 0 Å². The van der Waals surface area contributed by atoms with E-state index in [1.54, 1.807) is 6.07 Å². The topological polar surface area (TPSA) is 25.8 Å². The third-order valence-electron chi connectivity index (χ3n) is 2.39. The van der Waals surface area contributed by atoms with Gasteiger partial charge in [-0.2, -0.15) is 0 Å². The van der Waals surface area contributed by atoms with Crippen molar-refractivity contribution >= 4 is 55.1 Å². The maximum Gasteiger partial charge on any atom is 0.162 e. The highest BCUT2D eigenvalue weighted by Gasteiger charge is 2.13. The summed E-state index contributed by atoms with van der Waals surface area (Å²) in [5.74, 6) is 0.587. The monoisotopic (exact) mass is 408 g/mol. The van der Waals surface area contributed by atoms with Crippen molar-refractivity contribution in [3.63, 3.8) is 0 Å². The molecule has 0 aliphatic carbocycles. The maximum absolute atomic E-state index is 6.09. The molecule has 0 fully saturated rings. The zero-order chi connectivity index (χ0) is 13.3. The van der Waals surface area contributed by atoms with Crippen LogP contribution < -0.4 is 0 Å². The fourth-order valence-corrected chi connectivity index (χ4v) is 3.00. The Balaban J connectivity index is 2.60. The molecule has 0 amide bonds. The minimum Gasteiger partial charge on any atom is -0.232 e. The molecule has 0 N–H and O–H groups in total. The molecule has 0 aliphatic rings. The fourth-order valence-electron chi connectivity index (χ4n) is 1.49. The third-order valence-corrected chi connectivity index (χ3v) is 4.61. The second-order valence-corrected chi connectivity index (χ2v) is 6.02. The van der Waals surface area contributed by atoms with Crippen LogP contribution in [0.1, 0.15) is 12.6 Å². The second-order valence-electron chi connectivity index (χ2n) is 3.58. The SMILES string of the molecule is CCc1nc(-c2ccc(Cl)cc2Br)nc(Cl)c1Br. The van der Waals surface area contributed by atoms with E-state index in [1.165, 1.54) is 0 Å². The first kappa shape index (κ1) is 14.3. The summed E-state index contributed by atoms with van der Waals surface area (Å²) in [7, 11) is 0. The van der Waals surface area contributed by atoms with E-state index in [-0.39, 0.29) is 0 Å². The lowest BCUT2D eigenvalue weighted by atomic mass is 10.2. The number of nitrogens with zero attached hydrogens (tertiary/aromatic N) is 2. The number of hydrogen-bond donors (Lipinski definition) is 0. The normalized spacial score (nSPS) is 10.7. The fraction of sp³-hybridized carbons (Fsp3) is 0.167. The predicted molar refractivity (Wildman–Crippen MR) is 82.3 cm³/mol. The van der Waals surface area contributed by atoms with E-state index in [4.69, 9.17) is 23.2 Å². The Morgan fingerprint density at radius 3 is 2.50 bits per heavy atom. The Hall–Kier alpha value is -0.160. The van der Waals surface area contributed by atoms with Gasteiger partial charge in [-0.05, 0) is 56.5 Å². The highest BCUT2D eigenvalue weighted by molar-refractivity contribution is 9.11. The van der Waals surface area contributed by atoms with Crippen LogP contribution >= 0.6 is 55.1 Å². The van der Waals surface area contributed by atoms with Gasteiger partial charge in [0.15, 0.2) is 5.82 Å². The minimum absolute atomic E-state index is 0.415. The number of hydrogen-bond acceptors (Lipinski definition) is 2. The van der Waals surface area contributed by atoms with Gasteiger partial charge in [0, 0.05) is 15.1 Å². The van der Waals surface area contributed by atoms with E-state index in [0.29, 0.717) is 16.0 Å². The highest BCUT2D eigenvalue weighted by Crippen LogP contribution is 2.32. The van der Waals surface area contributed by atoms with Crippen LogP contribution in [-0.2, 0) is 6.42 Å². The molecule has 0 atom stereocenters. The molecular formula is C12H8Br2Cl2N2. The zero-order valence-electron chi connectivity index (χ0n) is 9.35. The molecule has 2 aromatic rings. The summed E-state index contributed by atoms with van der Waals surface area (Å²) in [5, 5.41) is 1.07. The molecule has 0 spiro atoms. The maximum atomic E-state index is 6.09. The molecular weight excluding hydrogens is 403 g/mol. The van der Waals surface area contributed by atoms with Crippen LogP contribution in [0, 0.1) is 0 Å². The highest BCUT2D eigenvalue weighted by atomic mass is 79.9. The van der Waals surface area contributed by atoms with Crippen molar-refractivity contribution < 1.29 is 0 Å². The van der Waals surface area contributed by atoms with E-state index in [9.17, 15) is 0 Å². The van der Waals surface area contributed by atoms with E-state index in [2.05, 4.69) is 41.8 Å². The van der Waals surface area contributed by atoms with Crippen molar-refractivity contribution in [1.29, 1.82) is 0 Å². The Morgan fingerprint density at radius 1 is 1.17 bits per heavy atom. The molecule has 94 valence electrons. The quantitative estimate of drug-likeness (QED) is 0.607. The van der Waals surface area contributed by atoms with E-state index in [0.717, 1.165) is 26.6 Å². The summed E-state index contributed by atoms with van der Waals surface area (Å²) in [4.78, 5) is 8.77. The first-order valence-electron chi connectivity index (χ1n) is 5.20. The molecule has 1 aromatic heterocycles. The molecule has 1 aromatic carbocycles. The number of aryl methyl sites for hydroxylation is 1. The van der Waals surface area contributed by atoms with Crippen molar-refractivity contribution in [1.82, 2.24) is 9.97 Å². The van der Waals surface area contributed by atoms with Crippen LogP contribution in [0.15, 0.2) is 27.1 Å². The van der Waals surface area contributed by atoms with Crippen LogP contribution in [0.2, 0.25) is 10.2 Å². The largest absolute Gasteiger partial charge is 0.232 e. The van der Waals surface area contributed by atoms with Crippen molar-refractivity contribution in [3.8, 4) is 11.4 Å². The molecule has 0 saturated carbocycles. The number of halogens is 4. The lowest BCUT2D eigenvalue weighted by Gasteiger charge is -2.08. The second kappa shape index (κ2) is 5.87. The molecule has 2 nitrogen and oxygen atoms in total. The molecule has 0 aliphatic heterocycles.